The van der Waals surface area contributed by atoms with E-state index in [1.165, 1.54) is 77.0 Å². The van der Waals surface area contributed by atoms with Crippen molar-refractivity contribution in [2.24, 2.45) is 23.7 Å². The summed E-state index contributed by atoms with van der Waals surface area (Å²) in [6, 6.07) is 0. The molecule has 6 unspecified atom stereocenters. The highest BCUT2D eigenvalue weighted by Gasteiger charge is 2.28. The molecule has 62 heavy (non-hydrogen) atoms. The van der Waals surface area contributed by atoms with E-state index in [2.05, 4.69) is 32.6 Å². The molecule has 0 rings (SSSR count). The number of hydrogen-bond donors (Lipinski definition) is 0. The predicted octanol–water partition coefficient (Wildman–Crippen LogP) is 12.5. The summed E-state index contributed by atoms with van der Waals surface area (Å²) >= 11 is 0. The smallest absolute Gasteiger partial charge is 0.309 e. The quantitative estimate of drug-likeness (QED) is 0.0333. The SMILES string of the molecule is CCCCCCCC(CC(=O)OCC(C)OC(=O)CCCCN(C)C)CC(CCCCC)C(CCCCC)CCCC(CCCCC)C(=O)OCC(C)OC(=O)CCCN(C)C. The van der Waals surface area contributed by atoms with Crippen molar-refractivity contribution in [3.8, 4) is 0 Å². The molecule has 0 aromatic carbocycles. The number of rotatable bonds is 43. The Bertz CT molecular complexity index is 1100. The van der Waals surface area contributed by atoms with Crippen molar-refractivity contribution >= 4 is 23.9 Å². The summed E-state index contributed by atoms with van der Waals surface area (Å²) in [6.07, 6.45) is 27.1. The van der Waals surface area contributed by atoms with E-state index in [0.29, 0.717) is 31.1 Å². The average Bonchev–Trinajstić information content (AvgIpc) is 3.21. The van der Waals surface area contributed by atoms with Crippen LogP contribution in [0.4, 0.5) is 0 Å². The molecule has 10 nitrogen and oxygen atoms in total. The fourth-order valence-electron chi connectivity index (χ4n) is 8.58. The third-order valence-electron chi connectivity index (χ3n) is 12.3. The van der Waals surface area contributed by atoms with Crippen molar-refractivity contribution in [3.63, 3.8) is 0 Å². The van der Waals surface area contributed by atoms with Gasteiger partial charge >= 0.3 is 23.9 Å². The van der Waals surface area contributed by atoms with Gasteiger partial charge in [-0.3, -0.25) is 19.2 Å². The first kappa shape index (κ1) is 59.8. The lowest BCUT2D eigenvalue weighted by molar-refractivity contribution is -0.160. The Balaban J connectivity index is 5.85. The standard InChI is InChI=1S/C52H100N2O8/c1-11-15-19-20-24-29-45(40-51(57)59-41-43(5)61-49(55)35-25-26-37-53(7)8)39-48(32-23-18-14-4)46(30-21-16-12-2)33-27-34-47(31-22-17-13-3)52(58)60-42-44(6)62-50(56)36-28-38-54(9)10/h43-48H,11-42H2,1-10H3. The van der Waals surface area contributed by atoms with Gasteiger partial charge in [-0.15, -0.1) is 0 Å². The van der Waals surface area contributed by atoms with Crippen molar-refractivity contribution < 1.29 is 38.1 Å². The van der Waals surface area contributed by atoms with Gasteiger partial charge in [0.2, 0.25) is 0 Å². The van der Waals surface area contributed by atoms with E-state index >= 15 is 0 Å². The van der Waals surface area contributed by atoms with Crippen LogP contribution in [0.1, 0.15) is 221 Å². The first-order valence-electron chi connectivity index (χ1n) is 25.8. The minimum atomic E-state index is -0.472. The summed E-state index contributed by atoms with van der Waals surface area (Å²) in [5.74, 6) is 0.312. The molecule has 0 fully saturated rings. The van der Waals surface area contributed by atoms with Crippen LogP contribution in [0.15, 0.2) is 0 Å². The molecule has 0 saturated carbocycles. The van der Waals surface area contributed by atoms with Gasteiger partial charge < -0.3 is 28.7 Å². The molecule has 0 aliphatic rings. The molecule has 0 saturated heterocycles. The van der Waals surface area contributed by atoms with Crippen LogP contribution in [0.3, 0.4) is 0 Å². The highest BCUT2D eigenvalue weighted by atomic mass is 16.6. The molecule has 0 aromatic rings. The Morgan fingerprint density at radius 3 is 1.48 bits per heavy atom. The van der Waals surface area contributed by atoms with Crippen molar-refractivity contribution in [3.05, 3.63) is 0 Å². The minimum Gasteiger partial charge on any atom is -0.462 e. The van der Waals surface area contributed by atoms with Gasteiger partial charge in [-0.2, -0.15) is 0 Å². The fourth-order valence-corrected chi connectivity index (χ4v) is 8.58. The van der Waals surface area contributed by atoms with Crippen molar-refractivity contribution in [1.82, 2.24) is 9.80 Å². The van der Waals surface area contributed by atoms with E-state index in [1.807, 2.05) is 40.0 Å². The molecule has 6 atom stereocenters. The molecule has 0 heterocycles. The Labute approximate surface area is 382 Å². The monoisotopic (exact) mass is 881 g/mol. The number of hydrogen-bond acceptors (Lipinski definition) is 10. The Morgan fingerprint density at radius 2 is 0.903 bits per heavy atom. The maximum atomic E-state index is 13.6. The third kappa shape index (κ3) is 35.2. The lowest BCUT2D eigenvalue weighted by Crippen LogP contribution is -2.26. The van der Waals surface area contributed by atoms with Gasteiger partial charge in [0.05, 0.1) is 5.92 Å². The van der Waals surface area contributed by atoms with Crippen LogP contribution in [0.25, 0.3) is 0 Å². The minimum absolute atomic E-state index is 0.0886. The summed E-state index contributed by atoms with van der Waals surface area (Å²) in [5.41, 5.74) is 0. The van der Waals surface area contributed by atoms with Gasteiger partial charge in [0, 0.05) is 19.3 Å². The van der Waals surface area contributed by atoms with E-state index < -0.39 is 12.2 Å². The van der Waals surface area contributed by atoms with Crippen molar-refractivity contribution in [2.75, 3.05) is 54.5 Å². The zero-order valence-electron chi connectivity index (χ0n) is 42.3. The Hall–Kier alpha value is -2.20. The third-order valence-corrected chi connectivity index (χ3v) is 12.3. The molecule has 0 radical (unpaired) electrons. The maximum Gasteiger partial charge on any atom is 0.309 e. The fraction of sp³-hybridized carbons (Fsp3) is 0.923. The second-order valence-electron chi connectivity index (χ2n) is 19.2. The largest absolute Gasteiger partial charge is 0.462 e. The molecule has 10 heteroatoms. The number of esters is 4. The van der Waals surface area contributed by atoms with Gasteiger partial charge in [-0.1, -0.05) is 143 Å². The first-order valence-corrected chi connectivity index (χ1v) is 25.8. The van der Waals surface area contributed by atoms with Crippen LogP contribution < -0.4 is 0 Å². The van der Waals surface area contributed by atoms with Crippen molar-refractivity contribution in [1.29, 1.82) is 0 Å². The summed E-state index contributed by atoms with van der Waals surface area (Å²) < 4.78 is 22.8. The van der Waals surface area contributed by atoms with E-state index in [0.717, 1.165) is 96.6 Å². The normalized spacial score (nSPS) is 14.6. The molecule has 0 aliphatic carbocycles. The van der Waals surface area contributed by atoms with Crippen molar-refractivity contribution in [2.45, 2.75) is 234 Å². The number of nitrogens with zero attached hydrogens (tertiary/aromatic N) is 2. The molecular weight excluding hydrogens is 781 g/mol. The lowest BCUT2D eigenvalue weighted by atomic mass is 9.74. The molecule has 0 N–H and O–H groups in total. The lowest BCUT2D eigenvalue weighted by Gasteiger charge is -2.31. The molecule has 0 amide bonds. The highest BCUT2D eigenvalue weighted by molar-refractivity contribution is 5.72. The van der Waals surface area contributed by atoms with E-state index in [-0.39, 0.29) is 48.9 Å². The summed E-state index contributed by atoms with van der Waals surface area (Å²) in [5, 5.41) is 0. The molecule has 0 aromatic heterocycles. The number of unbranched alkanes of at least 4 members (excludes halogenated alkanes) is 11. The summed E-state index contributed by atoms with van der Waals surface area (Å²) in [7, 11) is 8.03. The van der Waals surface area contributed by atoms with Gasteiger partial charge in [0.15, 0.2) is 0 Å². The Kier molecular flexibility index (Phi) is 38.9. The maximum absolute atomic E-state index is 13.6. The highest BCUT2D eigenvalue weighted by Crippen LogP contribution is 2.37. The van der Waals surface area contributed by atoms with Crippen LogP contribution >= 0.6 is 0 Å². The number of carbonyl (C=O) groups is 4. The van der Waals surface area contributed by atoms with Crippen LogP contribution in [0.5, 0.6) is 0 Å². The predicted molar refractivity (Wildman–Crippen MR) is 256 cm³/mol. The molecule has 0 bridgehead atoms. The van der Waals surface area contributed by atoms with Crippen LogP contribution in [-0.2, 0) is 38.1 Å². The van der Waals surface area contributed by atoms with Gasteiger partial charge in [-0.25, -0.2) is 0 Å². The van der Waals surface area contributed by atoms with Crippen LogP contribution in [-0.4, -0.2) is 100 Å². The van der Waals surface area contributed by atoms with E-state index in [4.69, 9.17) is 18.9 Å². The molecule has 0 spiro atoms. The van der Waals surface area contributed by atoms with Gasteiger partial charge in [0.1, 0.15) is 25.4 Å². The average molecular weight is 881 g/mol. The van der Waals surface area contributed by atoms with Gasteiger partial charge in [0.25, 0.3) is 0 Å². The Morgan fingerprint density at radius 1 is 0.452 bits per heavy atom. The van der Waals surface area contributed by atoms with Crippen LogP contribution in [0.2, 0.25) is 0 Å². The second kappa shape index (κ2) is 40.3. The summed E-state index contributed by atoms with van der Waals surface area (Å²) in [6.45, 7) is 14.5. The first-order chi connectivity index (χ1) is 29.8. The van der Waals surface area contributed by atoms with Gasteiger partial charge in [-0.05, 0) is 118 Å². The second-order valence-corrected chi connectivity index (χ2v) is 19.2. The summed E-state index contributed by atoms with van der Waals surface area (Å²) in [4.78, 5) is 56.0. The van der Waals surface area contributed by atoms with Crippen LogP contribution in [0, 0.1) is 23.7 Å². The molecule has 0 aliphatic heterocycles. The van der Waals surface area contributed by atoms with E-state index in [1.54, 1.807) is 6.92 Å². The number of ether oxygens (including phenoxy) is 4. The molecule has 366 valence electrons. The van der Waals surface area contributed by atoms with E-state index in [9.17, 15) is 19.2 Å². The number of carbonyl (C=O) groups excluding carboxylic acids is 4. The topological polar surface area (TPSA) is 112 Å². The zero-order chi connectivity index (χ0) is 46.4. The zero-order valence-corrected chi connectivity index (χ0v) is 42.3. The molecular formula is C52H100N2O8.